The minimum absolute atomic E-state index is 0. The molecule has 72 valence electrons. The minimum Gasteiger partial charge on any atom is -0.870 e. The first-order valence-corrected chi connectivity index (χ1v) is 4.88. The second-order valence-corrected chi connectivity index (χ2v) is 4.04. The molecule has 0 aliphatic carbocycles. The predicted molar refractivity (Wildman–Crippen MR) is 45.1 cm³/mol. The number of hydrogen-bond donors (Lipinski definition) is 2. The van der Waals surface area contributed by atoms with E-state index in [1.165, 1.54) is 6.07 Å². The molecule has 14 heavy (non-hydrogen) atoms. The van der Waals surface area contributed by atoms with E-state index in [0.29, 0.717) is 0 Å². The zero-order valence-corrected chi connectivity index (χ0v) is 11.9. The average molecular weight is 262 g/mol. The van der Waals surface area contributed by atoms with Crippen LogP contribution in [0.1, 0.15) is 0 Å². The van der Waals surface area contributed by atoms with Gasteiger partial charge in [0.1, 0.15) is 4.90 Å². The van der Waals surface area contributed by atoms with E-state index in [-0.39, 0.29) is 62.1 Å². The van der Waals surface area contributed by atoms with Crippen LogP contribution in [0.4, 0.5) is 5.69 Å². The van der Waals surface area contributed by atoms with E-state index in [1.54, 1.807) is 0 Å². The molecule has 1 aromatic rings. The summed E-state index contributed by atoms with van der Waals surface area (Å²) in [6, 6.07) is 2.29. The van der Waals surface area contributed by atoms with Crippen LogP contribution < -0.4 is 62.2 Å². The molecule has 0 saturated heterocycles. The zero-order chi connectivity index (χ0) is 10.2. The van der Waals surface area contributed by atoms with Gasteiger partial charge in [0.2, 0.25) is 0 Å². The number of anilines is 1. The van der Waals surface area contributed by atoms with Crippen molar-refractivity contribution in [3.05, 3.63) is 17.2 Å². The first-order chi connectivity index (χ1) is 5.84. The van der Waals surface area contributed by atoms with E-state index in [1.807, 2.05) is 0 Å². The smallest absolute Gasteiger partial charge is 0.870 e. The molecule has 0 aliphatic heterocycles. The Morgan fingerprint density at radius 1 is 1.43 bits per heavy atom. The Kier molecular flexibility index (Phi) is 5.37. The maximum absolute atomic E-state index is 11.1. The summed E-state index contributed by atoms with van der Waals surface area (Å²) in [5, 5.41) is 10.7. The Balaban J connectivity index is 0.00000169. The molecule has 3 N–H and O–H groups in total. The second-order valence-electron chi connectivity index (χ2n) is 2.27. The molecule has 1 aromatic carbocycles. The van der Waals surface area contributed by atoms with Gasteiger partial charge in [0.25, 0.3) is 10.1 Å². The van der Waals surface area contributed by atoms with Gasteiger partial charge in [0, 0.05) is 5.69 Å². The summed E-state index contributed by atoms with van der Waals surface area (Å²) in [4.78, 5) is -0.880. The number of nitrogens with two attached hydrogens (primary N) is 1. The molecule has 0 spiro atoms. The quantitative estimate of drug-likeness (QED) is 0.324. The number of rotatable bonds is 1. The van der Waals surface area contributed by atoms with Crippen LogP contribution in [0.2, 0.25) is 5.02 Å². The molecule has 1 rings (SSSR count). The first-order valence-electron chi connectivity index (χ1n) is 3.06. The van der Waals surface area contributed by atoms with Crippen molar-refractivity contribution in [1.82, 2.24) is 0 Å². The fourth-order valence-electron chi connectivity index (χ4n) is 0.794. The Morgan fingerprint density at radius 3 is 2.29 bits per heavy atom. The molecule has 0 bridgehead atoms. The van der Waals surface area contributed by atoms with Gasteiger partial charge < -0.3 is 10.8 Å². The molecule has 0 saturated carbocycles. The van der Waals surface area contributed by atoms with E-state index >= 15 is 0 Å². The van der Waals surface area contributed by atoms with E-state index in [9.17, 15) is 13.5 Å². The molecular weight excluding hydrogens is 257 g/mol. The summed E-state index contributed by atoms with van der Waals surface area (Å²) in [6.45, 7) is 0. The van der Waals surface area contributed by atoms with E-state index < -0.39 is 20.8 Å². The molecule has 0 aliphatic rings. The van der Waals surface area contributed by atoms with Crippen molar-refractivity contribution in [1.29, 1.82) is 0 Å². The van der Waals surface area contributed by atoms with Gasteiger partial charge in [-0.25, -0.2) is 0 Å². The SMILES string of the molecule is Nc1ccc(Cl)c(S(=O)(=O)O)c1[O-].[K+]. The molecule has 0 fully saturated rings. The Morgan fingerprint density at radius 2 is 1.93 bits per heavy atom. The number of hydrogen-bond acceptors (Lipinski definition) is 4. The average Bonchev–Trinajstić information content (AvgIpc) is 1.95. The number of halogens is 1. The summed E-state index contributed by atoms with van der Waals surface area (Å²) in [5.74, 6) is -0.991. The van der Waals surface area contributed by atoms with Gasteiger partial charge in [0.15, 0.2) is 0 Å². The summed E-state index contributed by atoms with van der Waals surface area (Å²) in [5.41, 5.74) is 4.86. The maximum atomic E-state index is 11.1. The Labute approximate surface area is 128 Å². The van der Waals surface area contributed by atoms with Crippen molar-refractivity contribution < 1.29 is 69.5 Å². The molecule has 0 unspecified atom stereocenters. The first kappa shape index (κ1) is 14.7. The third kappa shape index (κ3) is 3.07. The zero-order valence-electron chi connectivity index (χ0n) is 7.19. The van der Waals surface area contributed by atoms with Crippen LogP contribution >= 0.6 is 11.6 Å². The van der Waals surface area contributed by atoms with Gasteiger partial charge in [-0.2, -0.15) is 8.42 Å². The predicted octanol–water partition coefficient (Wildman–Crippen LogP) is -2.75. The fourth-order valence-corrected chi connectivity index (χ4v) is 1.90. The van der Waals surface area contributed by atoms with Crippen LogP contribution in [0.25, 0.3) is 0 Å². The van der Waals surface area contributed by atoms with Crippen molar-refractivity contribution in [3.63, 3.8) is 0 Å². The van der Waals surface area contributed by atoms with Gasteiger partial charge in [-0.05, 0) is 12.1 Å². The molecule has 8 heteroatoms. The normalized spacial score (nSPS) is 10.7. The third-order valence-electron chi connectivity index (χ3n) is 1.35. The maximum Gasteiger partial charge on any atom is 1.00 e. The van der Waals surface area contributed by atoms with E-state index in [0.717, 1.165) is 6.07 Å². The van der Waals surface area contributed by atoms with Gasteiger partial charge in [-0.3, -0.25) is 4.55 Å². The van der Waals surface area contributed by atoms with E-state index in [4.69, 9.17) is 21.9 Å². The minimum atomic E-state index is -4.61. The molecule has 5 nitrogen and oxygen atoms in total. The van der Waals surface area contributed by atoms with Crippen molar-refractivity contribution in [2.75, 3.05) is 5.73 Å². The molecule has 0 atom stereocenters. The summed E-state index contributed by atoms with van der Waals surface area (Å²) < 4.78 is 29.9. The molecule has 0 aromatic heterocycles. The molecule has 0 amide bonds. The largest absolute Gasteiger partial charge is 1.00 e. The van der Waals surface area contributed by atoms with Gasteiger partial charge in [0.05, 0.1) is 5.02 Å². The Hall–Kier alpha value is 0.656. The van der Waals surface area contributed by atoms with Crippen molar-refractivity contribution in [3.8, 4) is 5.75 Å². The fraction of sp³-hybridized carbons (Fsp3) is 0. The monoisotopic (exact) mass is 261 g/mol. The summed E-state index contributed by atoms with van der Waals surface area (Å²) in [6.07, 6.45) is 0. The van der Waals surface area contributed by atoms with Crippen LogP contribution in [0.5, 0.6) is 5.75 Å². The van der Waals surface area contributed by atoms with Crippen LogP contribution in [-0.2, 0) is 10.1 Å². The third-order valence-corrected chi connectivity index (χ3v) is 2.70. The topological polar surface area (TPSA) is 103 Å². The second kappa shape index (κ2) is 5.13. The Bertz CT molecular complexity index is 447. The standard InChI is InChI=1S/C6H6ClNO4S.K/c7-3-1-2-4(8)5(9)6(3)13(10,11)12;/h1-2,9H,8H2,(H,10,11,12);/q;+1/p-1. The van der Waals surface area contributed by atoms with Crippen LogP contribution in [-0.4, -0.2) is 13.0 Å². The summed E-state index contributed by atoms with van der Waals surface area (Å²) >= 11 is 5.39. The van der Waals surface area contributed by atoms with Crippen LogP contribution in [0.3, 0.4) is 0 Å². The van der Waals surface area contributed by atoms with Gasteiger partial charge >= 0.3 is 51.4 Å². The van der Waals surface area contributed by atoms with Crippen molar-refractivity contribution in [2.45, 2.75) is 4.90 Å². The summed E-state index contributed by atoms with van der Waals surface area (Å²) in [7, 11) is -4.61. The van der Waals surface area contributed by atoms with E-state index in [2.05, 4.69) is 0 Å². The molecular formula is C6H5ClKNO4S. The van der Waals surface area contributed by atoms with Crippen molar-refractivity contribution >= 4 is 27.4 Å². The van der Waals surface area contributed by atoms with Crippen LogP contribution in [0, 0.1) is 0 Å². The number of nitrogen functional groups attached to an aromatic ring is 1. The van der Waals surface area contributed by atoms with Crippen molar-refractivity contribution in [2.24, 2.45) is 0 Å². The molecule has 0 heterocycles. The van der Waals surface area contributed by atoms with Gasteiger partial charge in [-0.15, -0.1) is 0 Å². The van der Waals surface area contributed by atoms with Gasteiger partial charge in [-0.1, -0.05) is 17.4 Å². The number of benzene rings is 1. The molecule has 0 radical (unpaired) electrons. The van der Waals surface area contributed by atoms with Crippen LogP contribution in [0.15, 0.2) is 17.0 Å².